The second-order valence-corrected chi connectivity index (χ2v) is 4.16. The van der Waals surface area contributed by atoms with Crippen molar-refractivity contribution >= 4 is 24.0 Å². The van der Waals surface area contributed by atoms with Gasteiger partial charge in [-0.05, 0) is 18.1 Å². The molecule has 0 saturated carbocycles. The predicted molar refractivity (Wildman–Crippen MR) is 77.0 cm³/mol. The Labute approximate surface area is 122 Å². The zero-order chi connectivity index (χ0) is 13.7. The Morgan fingerprint density at radius 2 is 2.15 bits per heavy atom. The summed E-state index contributed by atoms with van der Waals surface area (Å²) in [5, 5.41) is 6.62. The molecule has 0 atom stereocenters. The maximum atomic E-state index is 13.3. The molecule has 2 rings (SSSR count). The summed E-state index contributed by atoms with van der Waals surface area (Å²) in [4.78, 5) is 11.6. The van der Waals surface area contributed by atoms with Crippen LogP contribution in [0.5, 0.6) is 0 Å². The summed E-state index contributed by atoms with van der Waals surface area (Å²) in [7, 11) is 0. The first kappa shape index (κ1) is 16.0. The molecule has 108 valence electrons. The van der Waals surface area contributed by atoms with Crippen molar-refractivity contribution in [3.63, 3.8) is 0 Å². The van der Waals surface area contributed by atoms with Crippen LogP contribution in [0.2, 0.25) is 0 Å². The fourth-order valence-electron chi connectivity index (χ4n) is 1.71. The van der Waals surface area contributed by atoms with Gasteiger partial charge in [0, 0.05) is 12.7 Å². The Bertz CT molecular complexity index is 573. The van der Waals surface area contributed by atoms with E-state index in [0.29, 0.717) is 24.2 Å². The molecule has 0 unspecified atom stereocenters. The van der Waals surface area contributed by atoms with E-state index in [2.05, 4.69) is 10.4 Å². The van der Waals surface area contributed by atoms with Gasteiger partial charge in [0.05, 0.1) is 11.9 Å². The van der Waals surface area contributed by atoms with Gasteiger partial charge in [0.2, 0.25) is 5.91 Å². The molecule has 0 aliphatic rings. The number of nitrogens with zero attached hydrogens (tertiary/aromatic N) is 2. The van der Waals surface area contributed by atoms with Gasteiger partial charge in [-0.3, -0.25) is 9.48 Å². The van der Waals surface area contributed by atoms with Crippen LogP contribution in [0.3, 0.4) is 0 Å². The maximum absolute atomic E-state index is 13.3. The lowest BCUT2D eigenvalue weighted by Gasteiger charge is -2.06. The molecule has 5 nitrogen and oxygen atoms in total. The third-order valence-electron chi connectivity index (χ3n) is 2.63. The van der Waals surface area contributed by atoms with Crippen LogP contribution in [0.15, 0.2) is 36.7 Å². The van der Waals surface area contributed by atoms with Gasteiger partial charge >= 0.3 is 0 Å². The lowest BCUT2D eigenvalue weighted by atomic mass is 10.1. The van der Waals surface area contributed by atoms with Crippen molar-refractivity contribution in [2.75, 3.05) is 12.3 Å². The molecule has 3 N–H and O–H groups in total. The maximum Gasteiger partial charge on any atom is 0.241 e. The van der Waals surface area contributed by atoms with Crippen molar-refractivity contribution in [2.24, 2.45) is 0 Å². The van der Waals surface area contributed by atoms with E-state index >= 15 is 0 Å². The average molecular weight is 299 g/mol. The van der Waals surface area contributed by atoms with Crippen LogP contribution in [-0.2, 0) is 17.8 Å². The Kier molecular flexibility index (Phi) is 5.99. The van der Waals surface area contributed by atoms with Gasteiger partial charge in [0.25, 0.3) is 0 Å². The second-order valence-electron chi connectivity index (χ2n) is 4.16. The van der Waals surface area contributed by atoms with Gasteiger partial charge in [-0.1, -0.05) is 18.2 Å². The van der Waals surface area contributed by atoms with Crippen molar-refractivity contribution in [1.82, 2.24) is 15.1 Å². The molecule has 2 aromatic rings. The van der Waals surface area contributed by atoms with Gasteiger partial charge in [-0.2, -0.15) is 5.10 Å². The van der Waals surface area contributed by atoms with Crippen LogP contribution < -0.4 is 11.1 Å². The minimum atomic E-state index is -0.253. The number of carbonyl (C=O) groups excluding carboxylic acids is 1. The number of rotatable bonds is 5. The number of hydrogen-bond donors (Lipinski definition) is 2. The molecule has 7 heteroatoms. The summed E-state index contributed by atoms with van der Waals surface area (Å²) < 4.78 is 14.8. The molecule has 1 aromatic carbocycles. The molecule has 0 aliphatic carbocycles. The monoisotopic (exact) mass is 298 g/mol. The number of anilines is 1. The summed E-state index contributed by atoms with van der Waals surface area (Å²) in [5.74, 6) is -0.434. The predicted octanol–water partition coefficient (Wildman–Crippen LogP) is 1.39. The number of aromatic nitrogens is 2. The summed E-state index contributed by atoms with van der Waals surface area (Å²) in [5.41, 5.74) is 6.59. The molecular formula is C13H16ClFN4O. The topological polar surface area (TPSA) is 72.9 Å². The van der Waals surface area contributed by atoms with Gasteiger partial charge in [0.1, 0.15) is 12.4 Å². The van der Waals surface area contributed by atoms with Crippen molar-refractivity contribution in [1.29, 1.82) is 0 Å². The van der Waals surface area contributed by atoms with E-state index < -0.39 is 0 Å². The smallest absolute Gasteiger partial charge is 0.241 e. The first-order valence-electron chi connectivity index (χ1n) is 5.93. The Morgan fingerprint density at radius 1 is 1.40 bits per heavy atom. The second kappa shape index (κ2) is 7.49. The Morgan fingerprint density at radius 3 is 2.80 bits per heavy atom. The average Bonchev–Trinajstić information content (AvgIpc) is 2.77. The van der Waals surface area contributed by atoms with Gasteiger partial charge in [0.15, 0.2) is 0 Å². The van der Waals surface area contributed by atoms with Crippen LogP contribution in [0.25, 0.3) is 0 Å². The molecule has 0 fully saturated rings. The first-order valence-corrected chi connectivity index (χ1v) is 5.93. The molecule has 1 amide bonds. The molecular weight excluding hydrogens is 283 g/mol. The highest BCUT2D eigenvalue weighted by Gasteiger charge is 2.05. The SMILES string of the molecule is Cl.Nc1cnn(CC(=O)NCCc2ccccc2F)c1. The lowest BCUT2D eigenvalue weighted by molar-refractivity contribution is -0.121. The fraction of sp³-hybridized carbons (Fsp3) is 0.231. The highest BCUT2D eigenvalue weighted by molar-refractivity contribution is 5.85. The normalized spacial score (nSPS) is 9.85. The van der Waals surface area contributed by atoms with E-state index in [0.717, 1.165) is 0 Å². The Balaban J connectivity index is 0.00000200. The number of halogens is 2. The van der Waals surface area contributed by atoms with Gasteiger partial charge in [-0.25, -0.2) is 4.39 Å². The molecule has 0 saturated heterocycles. The fourth-order valence-corrected chi connectivity index (χ4v) is 1.71. The highest BCUT2D eigenvalue weighted by Crippen LogP contribution is 2.06. The zero-order valence-electron chi connectivity index (χ0n) is 10.8. The number of nitrogens with one attached hydrogen (secondary N) is 1. The molecule has 1 heterocycles. The standard InChI is InChI=1S/C13H15FN4O.ClH/c14-12-4-2-1-3-10(12)5-6-16-13(19)9-18-8-11(15)7-17-18;/h1-4,7-8H,5-6,9,15H2,(H,16,19);1H. The van der Waals surface area contributed by atoms with Crippen LogP contribution >= 0.6 is 12.4 Å². The number of nitrogens with two attached hydrogens (primary N) is 1. The summed E-state index contributed by atoms with van der Waals surface area (Å²) in [6.45, 7) is 0.491. The van der Waals surface area contributed by atoms with E-state index in [1.54, 1.807) is 24.4 Å². The third-order valence-corrected chi connectivity index (χ3v) is 2.63. The highest BCUT2D eigenvalue weighted by atomic mass is 35.5. The van der Waals surface area contributed by atoms with E-state index in [4.69, 9.17) is 5.73 Å². The van der Waals surface area contributed by atoms with Crippen LogP contribution in [-0.4, -0.2) is 22.2 Å². The van der Waals surface area contributed by atoms with Crippen molar-refractivity contribution in [2.45, 2.75) is 13.0 Å². The van der Waals surface area contributed by atoms with Gasteiger partial charge < -0.3 is 11.1 Å². The number of carbonyl (C=O) groups is 1. The largest absolute Gasteiger partial charge is 0.396 e. The molecule has 0 radical (unpaired) electrons. The van der Waals surface area contributed by atoms with Crippen molar-refractivity contribution < 1.29 is 9.18 Å². The van der Waals surface area contributed by atoms with Crippen LogP contribution in [0.1, 0.15) is 5.56 Å². The number of nitrogen functional groups attached to an aromatic ring is 1. The Hall–Kier alpha value is -2.08. The first-order chi connectivity index (χ1) is 9.15. The number of amides is 1. The lowest BCUT2D eigenvalue weighted by Crippen LogP contribution is -2.29. The summed E-state index contributed by atoms with van der Waals surface area (Å²) in [6, 6.07) is 6.52. The van der Waals surface area contributed by atoms with Crippen LogP contribution in [0.4, 0.5) is 10.1 Å². The number of benzene rings is 1. The summed E-state index contributed by atoms with van der Waals surface area (Å²) in [6.07, 6.45) is 3.52. The minimum absolute atomic E-state index is 0. The van der Waals surface area contributed by atoms with Crippen molar-refractivity contribution in [3.05, 3.63) is 48.0 Å². The number of hydrogen-bond acceptors (Lipinski definition) is 3. The van der Waals surface area contributed by atoms with E-state index in [1.165, 1.54) is 16.9 Å². The molecule has 0 aliphatic heterocycles. The van der Waals surface area contributed by atoms with Crippen LogP contribution in [0, 0.1) is 5.82 Å². The molecule has 20 heavy (non-hydrogen) atoms. The molecule has 0 spiro atoms. The van der Waals surface area contributed by atoms with E-state index in [9.17, 15) is 9.18 Å². The van der Waals surface area contributed by atoms with Crippen molar-refractivity contribution in [3.8, 4) is 0 Å². The molecule has 1 aromatic heterocycles. The summed E-state index contributed by atoms with van der Waals surface area (Å²) >= 11 is 0. The quantitative estimate of drug-likeness (QED) is 0.876. The van der Waals surface area contributed by atoms with Gasteiger partial charge in [-0.15, -0.1) is 12.4 Å². The van der Waals surface area contributed by atoms with E-state index in [1.807, 2.05) is 0 Å². The zero-order valence-corrected chi connectivity index (χ0v) is 11.6. The third kappa shape index (κ3) is 4.55. The molecule has 0 bridgehead atoms. The minimum Gasteiger partial charge on any atom is -0.396 e. The van der Waals surface area contributed by atoms with E-state index in [-0.39, 0.29) is 30.7 Å².